The van der Waals surface area contributed by atoms with E-state index in [9.17, 15) is 4.79 Å². The molecule has 2 aromatic carbocycles. The van der Waals surface area contributed by atoms with E-state index in [0.29, 0.717) is 18.9 Å². The van der Waals surface area contributed by atoms with Gasteiger partial charge in [0.2, 0.25) is 5.91 Å². The molecule has 0 unspecified atom stereocenters. The van der Waals surface area contributed by atoms with Gasteiger partial charge in [-0.05, 0) is 55.4 Å². The number of likely N-dealkylation sites (tertiary alicyclic amines) is 1. The van der Waals surface area contributed by atoms with Crippen molar-refractivity contribution in [3.8, 4) is 5.75 Å². The monoisotopic (exact) mass is 564 g/mol. The predicted octanol–water partition coefficient (Wildman–Crippen LogP) is 4.24. The lowest BCUT2D eigenvalue weighted by Crippen LogP contribution is -2.46. The molecule has 1 aliphatic rings. The van der Waals surface area contributed by atoms with Crippen molar-refractivity contribution in [3.63, 3.8) is 0 Å². The Kier molecular flexibility index (Phi) is 12.1. The summed E-state index contributed by atoms with van der Waals surface area (Å²) in [7, 11) is 1.71. The number of benzene rings is 2. The van der Waals surface area contributed by atoms with Crippen LogP contribution in [0.1, 0.15) is 37.3 Å². The molecule has 0 spiro atoms. The van der Waals surface area contributed by atoms with Crippen molar-refractivity contribution in [3.05, 3.63) is 65.7 Å². The standard InChI is InChI=1S/C26H36N4O2.HI/c1-3-28-26(30-17-14-22(15-18-30)19-25(31)27-2)29-16-13-21-9-11-24(12-10-21)32-20-23-7-5-4-6-8-23;/h4-12,22H,3,13-20H2,1-2H3,(H,27,31)(H,28,29);1H. The second-order valence-electron chi connectivity index (χ2n) is 8.21. The summed E-state index contributed by atoms with van der Waals surface area (Å²) in [5, 5.41) is 6.15. The molecule has 0 aromatic heterocycles. The molecule has 33 heavy (non-hydrogen) atoms. The highest BCUT2D eigenvalue weighted by atomic mass is 127. The lowest BCUT2D eigenvalue weighted by Gasteiger charge is -2.34. The number of nitrogens with zero attached hydrogens (tertiary/aromatic N) is 2. The lowest BCUT2D eigenvalue weighted by molar-refractivity contribution is -0.121. The van der Waals surface area contributed by atoms with Gasteiger partial charge in [0.25, 0.3) is 0 Å². The van der Waals surface area contributed by atoms with Gasteiger partial charge in [0.15, 0.2) is 5.96 Å². The van der Waals surface area contributed by atoms with Gasteiger partial charge in [-0.15, -0.1) is 24.0 Å². The third-order valence-electron chi connectivity index (χ3n) is 5.84. The van der Waals surface area contributed by atoms with E-state index in [2.05, 4.69) is 46.7 Å². The first-order valence-electron chi connectivity index (χ1n) is 11.7. The summed E-state index contributed by atoms with van der Waals surface area (Å²) < 4.78 is 5.87. The zero-order chi connectivity index (χ0) is 22.6. The van der Waals surface area contributed by atoms with E-state index in [-0.39, 0.29) is 29.9 Å². The zero-order valence-electron chi connectivity index (χ0n) is 19.8. The Labute approximate surface area is 215 Å². The quantitative estimate of drug-likeness (QED) is 0.272. The molecule has 0 saturated carbocycles. The van der Waals surface area contributed by atoms with Crippen LogP contribution in [-0.4, -0.2) is 50.0 Å². The fourth-order valence-corrected chi connectivity index (χ4v) is 3.92. The Bertz CT molecular complexity index is 850. The molecule has 7 heteroatoms. The van der Waals surface area contributed by atoms with Crippen molar-refractivity contribution in [2.24, 2.45) is 10.9 Å². The predicted molar refractivity (Wildman–Crippen MR) is 145 cm³/mol. The lowest BCUT2D eigenvalue weighted by atomic mass is 9.93. The summed E-state index contributed by atoms with van der Waals surface area (Å²) >= 11 is 0. The molecular formula is C26H37IN4O2. The number of hydrogen-bond donors (Lipinski definition) is 2. The molecule has 2 aromatic rings. The number of ether oxygens (including phenoxy) is 1. The normalized spacial score (nSPS) is 14.4. The van der Waals surface area contributed by atoms with Crippen molar-refractivity contribution in [1.82, 2.24) is 15.5 Å². The Hall–Kier alpha value is -2.29. The number of nitrogens with one attached hydrogen (secondary N) is 2. The molecule has 1 heterocycles. The van der Waals surface area contributed by atoms with Gasteiger partial charge in [-0.2, -0.15) is 0 Å². The van der Waals surface area contributed by atoms with Crippen LogP contribution in [-0.2, 0) is 17.8 Å². The van der Waals surface area contributed by atoms with E-state index in [1.54, 1.807) is 7.05 Å². The Morgan fingerprint density at radius 3 is 2.39 bits per heavy atom. The number of hydrogen-bond acceptors (Lipinski definition) is 3. The van der Waals surface area contributed by atoms with E-state index in [0.717, 1.165) is 57.2 Å². The minimum atomic E-state index is 0. The Morgan fingerprint density at radius 1 is 1.06 bits per heavy atom. The third kappa shape index (κ3) is 9.23. The molecule has 1 saturated heterocycles. The van der Waals surface area contributed by atoms with Gasteiger partial charge in [-0.3, -0.25) is 9.79 Å². The average Bonchev–Trinajstić information content (AvgIpc) is 2.84. The SMILES string of the molecule is CCNC(=NCCc1ccc(OCc2ccccc2)cc1)N1CCC(CC(=O)NC)CC1.I. The average molecular weight is 565 g/mol. The molecule has 1 fully saturated rings. The Morgan fingerprint density at radius 2 is 1.76 bits per heavy atom. The molecule has 3 rings (SSSR count). The third-order valence-corrected chi connectivity index (χ3v) is 5.84. The van der Waals surface area contributed by atoms with E-state index in [1.165, 1.54) is 11.1 Å². The number of rotatable bonds is 9. The van der Waals surface area contributed by atoms with Crippen LogP contribution in [0.25, 0.3) is 0 Å². The van der Waals surface area contributed by atoms with E-state index in [1.807, 2.05) is 30.3 Å². The number of aliphatic imine (C=N–C) groups is 1. The van der Waals surface area contributed by atoms with Gasteiger partial charge in [0, 0.05) is 39.6 Å². The summed E-state index contributed by atoms with van der Waals surface area (Å²) in [4.78, 5) is 18.8. The number of piperidine rings is 1. The molecule has 0 aliphatic carbocycles. The van der Waals surface area contributed by atoms with Crippen LogP contribution >= 0.6 is 24.0 Å². The second-order valence-corrected chi connectivity index (χ2v) is 8.21. The number of carbonyl (C=O) groups is 1. The van der Waals surface area contributed by atoms with E-state index < -0.39 is 0 Å². The molecule has 1 aliphatic heterocycles. The number of halogens is 1. The van der Waals surface area contributed by atoms with Crippen molar-refractivity contribution in [1.29, 1.82) is 0 Å². The first-order chi connectivity index (χ1) is 15.7. The molecule has 0 radical (unpaired) electrons. The smallest absolute Gasteiger partial charge is 0.220 e. The summed E-state index contributed by atoms with van der Waals surface area (Å²) in [5.74, 6) is 2.47. The molecule has 180 valence electrons. The van der Waals surface area contributed by atoms with Gasteiger partial charge < -0.3 is 20.3 Å². The number of amides is 1. The van der Waals surface area contributed by atoms with Gasteiger partial charge in [0.05, 0.1) is 0 Å². The van der Waals surface area contributed by atoms with Crippen LogP contribution in [0, 0.1) is 5.92 Å². The molecule has 6 nitrogen and oxygen atoms in total. The maximum absolute atomic E-state index is 11.6. The molecule has 0 atom stereocenters. The summed E-state index contributed by atoms with van der Waals surface area (Å²) in [6.07, 6.45) is 3.58. The Balaban J connectivity index is 0.00000385. The maximum Gasteiger partial charge on any atom is 0.220 e. The topological polar surface area (TPSA) is 66.0 Å². The van der Waals surface area contributed by atoms with Crippen molar-refractivity contribution < 1.29 is 9.53 Å². The van der Waals surface area contributed by atoms with Gasteiger partial charge in [-0.1, -0.05) is 42.5 Å². The molecule has 2 N–H and O–H groups in total. The van der Waals surface area contributed by atoms with Crippen LogP contribution in [0.2, 0.25) is 0 Å². The highest BCUT2D eigenvalue weighted by Gasteiger charge is 2.22. The molecule has 1 amide bonds. The van der Waals surface area contributed by atoms with Crippen LogP contribution < -0.4 is 15.4 Å². The zero-order valence-corrected chi connectivity index (χ0v) is 22.1. The summed E-state index contributed by atoms with van der Waals surface area (Å²) in [6.45, 7) is 6.16. The number of guanidine groups is 1. The first-order valence-corrected chi connectivity index (χ1v) is 11.7. The number of carbonyl (C=O) groups excluding carboxylic acids is 1. The highest BCUT2D eigenvalue weighted by molar-refractivity contribution is 14.0. The fourth-order valence-electron chi connectivity index (χ4n) is 3.92. The van der Waals surface area contributed by atoms with Crippen molar-refractivity contribution in [2.75, 3.05) is 33.2 Å². The minimum Gasteiger partial charge on any atom is -0.489 e. The van der Waals surface area contributed by atoms with Crippen LogP contribution in [0.15, 0.2) is 59.6 Å². The maximum atomic E-state index is 11.6. The van der Waals surface area contributed by atoms with E-state index >= 15 is 0 Å². The van der Waals surface area contributed by atoms with Crippen LogP contribution in [0.4, 0.5) is 0 Å². The molecule has 0 bridgehead atoms. The largest absolute Gasteiger partial charge is 0.489 e. The highest BCUT2D eigenvalue weighted by Crippen LogP contribution is 2.20. The van der Waals surface area contributed by atoms with Crippen molar-refractivity contribution in [2.45, 2.75) is 39.2 Å². The summed E-state index contributed by atoms with van der Waals surface area (Å²) in [5.41, 5.74) is 2.42. The van der Waals surface area contributed by atoms with Crippen LogP contribution in [0.3, 0.4) is 0 Å². The molecular weight excluding hydrogens is 527 g/mol. The van der Waals surface area contributed by atoms with Gasteiger partial charge in [0.1, 0.15) is 12.4 Å². The minimum absolute atomic E-state index is 0. The van der Waals surface area contributed by atoms with Gasteiger partial charge in [-0.25, -0.2) is 0 Å². The fraction of sp³-hybridized carbons (Fsp3) is 0.462. The van der Waals surface area contributed by atoms with Crippen molar-refractivity contribution >= 4 is 35.8 Å². The van der Waals surface area contributed by atoms with Crippen LogP contribution in [0.5, 0.6) is 5.75 Å². The first kappa shape index (κ1) is 27.0. The summed E-state index contributed by atoms with van der Waals surface area (Å²) in [6, 6.07) is 18.5. The second kappa shape index (κ2) is 14.8. The van der Waals surface area contributed by atoms with E-state index in [4.69, 9.17) is 9.73 Å². The van der Waals surface area contributed by atoms with Gasteiger partial charge >= 0.3 is 0 Å².